The van der Waals surface area contributed by atoms with Gasteiger partial charge in [-0.3, -0.25) is 9.69 Å². The lowest BCUT2D eigenvalue weighted by Gasteiger charge is -2.21. The molecule has 1 amide bonds. The molecule has 6 nitrogen and oxygen atoms in total. The Morgan fingerprint density at radius 1 is 1.29 bits per heavy atom. The Balaban J connectivity index is 2.57. The van der Waals surface area contributed by atoms with Crippen molar-refractivity contribution < 1.29 is 18.7 Å². The van der Waals surface area contributed by atoms with Gasteiger partial charge in [-0.15, -0.1) is 0 Å². The number of amides is 1. The minimum absolute atomic E-state index is 0.155. The third-order valence-corrected chi connectivity index (χ3v) is 2.88. The number of methoxy groups -OCH3 is 2. The first-order valence-electron chi connectivity index (χ1n) is 6.62. The first-order valence-corrected chi connectivity index (χ1v) is 6.62. The van der Waals surface area contributed by atoms with Crippen molar-refractivity contribution in [2.45, 2.75) is 0 Å². The number of ether oxygens (including phenoxy) is 2. The van der Waals surface area contributed by atoms with Crippen LogP contribution in [0.25, 0.3) is 0 Å². The van der Waals surface area contributed by atoms with E-state index in [2.05, 4.69) is 5.32 Å². The fourth-order valence-electron chi connectivity index (χ4n) is 1.74. The topological polar surface area (TPSA) is 76.8 Å². The zero-order chi connectivity index (χ0) is 15.7. The van der Waals surface area contributed by atoms with Gasteiger partial charge in [0.15, 0.2) is 0 Å². The predicted octanol–water partition coefficient (Wildman–Crippen LogP) is 0.941. The third-order valence-electron chi connectivity index (χ3n) is 2.88. The molecule has 0 aliphatic rings. The van der Waals surface area contributed by atoms with Gasteiger partial charge in [-0.25, -0.2) is 4.39 Å². The number of halogens is 1. The Morgan fingerprint density at radius 3 is 2.48 bits per heavy atom. The van der Waals surface area contributed by atoms with Gasteiger partial charge in [0.25, 0.3) is 0 Å². The molecule has 0 spiro atoms. The summed E-state index contributed by atoms with van der Waals surface area (Å²) >= 11 is 0. The van der Waals surface area contributed by atoms with Crippen molar-refractivity contribution in [3.8, 4) is 0 Å². The van der Waals surface area contributed by atoms with Crippen LogP contribution in [-0.4, -0.2) is 57.9 Å². The van der Waals surface area contributed by atoms with E-state index in [1.165, 1.54) is 18.2 Å². The Morgan fingerprint density at radius 2 is 1.90 bits per heavy atom. The highest BCUT2D eigenvalue weighted by Crippen LogP contribution is 2.18. The van der Waals surface area contributed by atoms with Crippen molar-refractivity contribution in [2.24, 2.45) is 0 Å². The normalized spacial score (nSPS) is 10.9. The van der Waals surface area contributed by atoms with E-state index in [-0.39, 0.29) is 18.1 Å². The number of nitrogens with one attached hydrogen (secondary N) is 1. The van der Waals surface area contributed by atoms with Gasteiger partial charge >= 0.3 is 0 Å². The zero-order valence-corrected chi connectivity index (χ0v) is 12.4. The summed E-state index contributed by atoms with van der Waals surface area (Å²) in [6.07, 6.45) is 0. The first kappa shape index (κ1) is 17.4. The maximum atomic E-state index is 13.1. The van der Waals surface area contributed by atoms with Gasteiger partial charge in [0, 0.05) is 27.3 Å². The molecule has 1 aromatic carbocycles. The zero-order valence-electron chi connectivity index (χ0n) is 12.4. The molecule has 0 atom stereocenters. The predicted molar refractivity (Wildman–Crippen MR) is 79.6 cm³/mol. The van der Waals surface area contributed by atoms with E-state index in [1.807, 2.05) is 4.90 Å². The van der Waals surface area contributed by atoms with Gasteiger partial charge in [0.1, 0.15) is 5.82 Å². The molecule has 1 rings (SSSR count). The molecule has 0 fully saturated rings. The SMILES string of the molecule is COCCN(CCOC)CC(=O)Nc1cc(F)ccc1N. The fraction of sp³-hybridized carbons (Fsp3) is 0.500. The van der Waals surface area contributed by atoms with E-state index < -0.39 is 5.82 Å². The number of carbonyl (C=O) groups excluding carboxylic acids is 1. The summed E-state index contributed by atoms with van der Waals surface area (Å²) in [5.74, 6) is -0.713. The Labute approximate surface area is 124 Å². The average Bonchev–Trinajstić information content (AvgIpc) is 2.45. The molecule has 1 aromatic rings. The number of nitrogens with two attached hydrogens (primary N) is 1. The lowest BCUT2D eigenvalue weighted by atomic mass is 10.2. The molecule has 0 heterocycles. The van der Waals surface area contributed by atoms with Crippen molar-refractivity contribution >= 4 is 17.3 Å². The van der Waals surface area contributed by atoms with Gasteiger partial charge < -0.3 is 20.5 Å². The highest BCUT2D eigenvalue weighted by molar-refractivity contribution is 5.95. The number of anilines is 2. The third kappa shape index (κ3) is 6.52. The lowest BCUT2D eigenvalue weighted by Crippen LogP contribution is -2.37. The average molecular weight is 299 g/mol. The van der Waals surface area contributed by atoms with E-state index >= 15 is 0 Å². The Hall–Kier alpha value is -1.70. The molecule has 21 heavy (non-hydrogen) atoms. The van der Waals surface area contributed by atoms with Crippen LogP contribution in [-0.2, 0) is 14.3 Å². The second kappa shape index (κ2) is 9.28. The van der Waals surface area contributed by atoms with Crippen LogP contribution in [0.5, 0.6) is 0 Å². The number of rotatable bonds is 9. The maximum absolute atomic E-state index is 13.1. The molecule has 0 aromatic heterocycles. The van der Waals surface area contributed by atoms with Gasteiger partial charge in [0.05, 0.1) is 31.1 Å². The van der Waals surface area contributed by atoms with Crippen LogP contribution in [0.15, 0.2) is 18.2 Å². The van der Waals surface area contributed by atoms with Crippen LogP contribution in [0.3, 0.4) is 0 Å². The monoisotopic (exact) mass is 299 g/mol. The van der Waals surface area contributed by atoms with E-state index in [0.29, 0.717) is 32.0 Å². The quantitative estimate of drug-likeness (QED) is 0.664. The van der Waals surface area contributed by atoms with E-state index in [1.54, 1.807) is 14.2 Å². The number of hydrogen-bond donors (Lipinski definition) is 2. The maximum Gasteiger partial charge on any atom is 0.238 e. The summed E-state index contributed by atoms with van der Waals surface area (Å²) in [6, 6.07) is 3.86. The van der Waals surface area contributed by atoms with Crippen LogP contribution >= 0.6 is 0 Å². The lowest BCUT2D eigenvalue weighted by molar-refractivity contribution is -0.117. The Kier molecular flexibility index (Phi) is 7.66. The fourth-order valence-corrected chi connectivity index (χ4v) is 1.74. The number of carbonyl (C=O) groups is 1. The summed E-state index contributed by atoms with van der Waals surface area (Å²) in [4.78, 5) is 13.9. The summed E-state index contributed by atoms with van der Waals surface area (Å²) in [6.45, 7) is 2.39. The van der Waals surface area contributed by atoms with E-state index in [4.69, 9.17) is 15.2 Å². The van der Waals surface area contributed by atoms with Crippen LogP contribution in [0, 0.1) is 5.82 Å². The molecule has 0 aliphatic carbocycles. The van der Waals surface area contributed by atoms with Crippen LogP contribution in [0.2, 0.25) is 0 Å². The van der Waals surface area contributed by atoms with Crippen molar-refractivity contribution in [2.75, 3.05) is 58.1 Å². The molecule has 0 bridgehead atoms. The summed E-state index contributed by atoms with van der Waals surface area (Å²) in [5.41, 5.74) is 6.29. The highest BCUT2D eigenvalue weighted by atomic mass is 19.1. The smallest absolute Gasteiger partial charge is 0.238 e. The van der Waals surface area contributed by atoms with E-state index in [0.717, 1.165) is 0 Å². The molecule has 3 N–H and O–H groups in total. The minimum atomic E-state index is -0.449. The number of nitrogen functional groups attached to an aromatic ring is 1. The molecule has 7 heteroatoms. The number of benzene rings is 1. The molecule has 0 radical (unpaired) electrons. The summed E-state index contributed by atoms with van der Waals surface area (Å²) < 4.78 is 23.1. The second-order valence-corrected chi connectivity index (χ2v) is 4.54. The first-order chi connectivity index (χ1) is 10.1. The molecule has 0 saturated heterocycles. The molecule has 118 valence electrons. The number of hydrogen-bond acceptors (Lipinski definition) is 5. The molecule has 0 aliphatic heterocycles. The van der Waals surface area contributed by atoms with Gasteiger partial charge in [-0.1, -0.05) is 0 Å². The highest BCUT2D eigenvalue weighted by Gasteiger charge is 2.12. The van der Waals surface area contributed by atoms with Crippen molar-refractivity contribution in [1.29, 1.82) is 0 Å². The molecule has 0 saturated carbocycles. The second-order valence-electron chi connectivity index (χ2n) is 4.54. The van der Waals surface area contributed by atoms with Crippen LogP contribution in [0.1, 0.15) is 0 Å². The summed E-state index contributed by atoms with van der Waals surface area (Å²) in [5, 5.41) is 2.61. The van der Waals surface area contributed by atoms with Crippen LogP contribution < -0.4 is 11.1 Å². The molecular weight excluding hydrogens is 277 g/mol. The summed E-state index contributed by atoms with van der Waals surface area (Å²) in [7, 11) is 3.20. The Bertz CT molecular complexity index is 449. The standard InChI is InChI=1S/C14H22FN3O3/c1-20-7-5-18(6-8-21-2)10-14(19)17-13-9-11(15)3-4-12(13)16/h3-4,9H,5-8,10,16H2,1-2H3,(H,17,19). The van der Waals surface area contributed by atoms with Crippen molar-refractivity contribution in [3.63, 3.8) is 0 Å². The van der Waals surface area contributed by atoms with Crippen molar-refractivity contribution in [1.82, 2.24) is 4.90 Å². The largest absolute Gasteiger partial charge is 0.397 e. The number of nitrogens with zero attached hydrogens (tertiary/aromatic N) is 1. The minimum Gasteiger partial charge on any atom is -0.397 e. The molecular formula is C14H22FN3O3. The molecule has 0 unspecified atom stereocenters. The van der Waals surface area contributed by atoms with Crippen LogP contribution in [0.4, 0.5) is 15.8 Å². The van der Waals surface area contributed by atoms with Gasteiger partial charge in [-0.05, 0) is 18.2 Å². The van der Waals surface area contributed by atoms with E-state index in [9.17, 15) is 9.18 Å². The van der Waals surface area contributed by atoms with Gasteiger partial charge in [-0.2, -0.15) is 0 Å². The van der Waals surface area contributed by atoms with Crippen molar-refractivity contribution in [3.05, 3.63) is 24.0 Å². The van der Waals surface area contributed by atoms with Gasteiger partial charge in [0.2, 0.25) is 5.91 Å².